The summed E-state index contributed by atoms with van der Waals surface area (Å²) >= 11 is 0. The first-order valence-corrected chi connectivity index (χ1v) is 5.43. The minimum Gasteiger partial charge on any atom is -0.0622 e. The van der Waals surface area contributed by atoms with Crippen molar-refractivity contribution in [1.82, 2.24) is 0 Å². The van der Waals surface area contributed by atoms with Crippen molar-refractivity contribution in [2.45, 2.75) is 38.0 Å². The molecule has 2 aliphatic rings. The van der Waals surface area contributed by atoms with E-state index in [1.807, 2.05) is 0 Å². The fourth-order valence-electron chi connectivity index (χ4n) is 3.03. The molecule has 0 amide bonds. The summed E-state index contributed by atoms with van der Waals surface area (Å²) in [5, 5.41) is 0. The van der Waals surface area contributed by atoms with E-state index in [9.17, 15) is 0 Å². The van der Waals surface area contributed by atoms with Gasteiger partial charge in [0.1, 0.15) is 0 Å². The molecule has 1 aromatic carbocycles. The number of rotatable bonds is 1. The molecule has 0 radical (unpaired) electrons. The van der Waals surface area contributed by atoms with Gasteiger partial charge < -0.3 is 0 Å². The van der Waals surface area contributed by atoms with E-state index in [0.29, 0.717) is 0 Å². The van der Waals surface area contributed by atoms with Gasteiger partial charge in [-0.3, -0.25) is 0 Å². The summed E-state index contributed by atoms with van der Waals surface area (Å²) in [4.78, 5) is 0. The highest BCUT2D eigenvalue weighted by molar-refractivity contribution is 5.24. The third-order valence-corrected chi connectivity index (χ3v) is 4.04. The molecule has 0 aromatic heterocycles. The third-order valence-electron chi connectivity index (χ3n) is 4.04. The van der Waals surface area contributed by atoms with E-state index in [2.05, 4.69) is 30.3 Å². The first kappa shape index (κ1) is 7.61. The normalized spacial score (nSPS) is 25.2. The maximum absolute atomic E-state index is 2.29. The highest BCUT2D eigenvalue weighted by atomic mass is 14.5. The fourth-order valence-corrected chi connectivity index (χ4v) is 3.03. The molecule has 0 atom stereocenters. The summed E-state index contributed by atoms with van der Waals surface area (Å²) in [6.45, 7) is 0. The highest BCUT2D eigenvalue weighted by Gasteiger charge is 2.48. The Hall–Kier alpha value is -0.780. The second-order valence-electron chi connectivity index (χ2n) is 4.87. The van der Waals surface area contributed by atoms with Gasteiger partial charge in [0.25, 0.3) is 0 Å². The van der Waals surface area contributed by atoms with Gasteiger partial charge in [-0.1, -0.05) is 36.8 Å². The molecule has 0 N–H and O–H groups in total. The van der Waals surface area contributed by atoms with Gasteiger partial charge in [0, 0.05) is 0 Å². The molecular formula is C13H16. The smallest absolute Gasteiger partial charge is 0.0151 e. The van der Waals surface area contributed by atoms with Gasteiger partial charge in [0.05, 0.1) is 0 Å². The SMILES string of the molecule is c1ccc(C2CC3(CCC3)C2)cc1. The Kier molecular flexibility index (Phi) is 1.52. The van der Waals surface area contributed by atoms with Crippen molar-refractivity contribution in [2.24, 2.45) is 5.41 Å². The second kappa shape index (κ2) is 2.60. The Morgan fingerprint density at radius 2 is 1.69 bits per heavy atom. The monoisotopic (exact) mass is 172 g/mol. The van der Waals surface area contributed by atoms with Crippen LogP contribution < -0.4 is 0 Å². The Labute approximate surface area is 80.0 Å². The summed E-state index contributed by atoms with van der Waals surface area (Å²) in [6, 6.07) is 11.0. The number of benzene rings is 1. The predicted octanol–water partition coefficient (Wildman–Crippen LogP) is 3.73. The lowest BCUT2D eigenvalue weighted by molar-refractivity contribution is 0.00901. The summed E-state index contributed by atoms with van der Waals surface area (Å²) in [7, 11) is 0. The fraction of sp³-hybridized carbons (Fsp3) is 0.538. The average molecular weight is 172 g/mol. The van der Waals surface area contributed by atoms with Crippen LogP contribution in [0, 0.1) is 5.41 Å². The second-order valence-corrected chi connectivity index (χ2v) is 4.87. The molecule has 0 saturated heterocycles. The van der Waals surface area contributed by atoms with E-state index in [-0.39, 0.29) is 0 Å². The molecule has 1 spiro atoms. The molecule has 0 unspecified atom stereocenters. The van der Waals surface area contributed by atoms with Crippen LogP contribution in [-0.2, 0) is 0 Å². The van der Waals surface area contributed by atoms with Gasteiger partial charge in [-0.15, -0.1) is 0 Å². The van der Waals surface area contributed by atoms with Crippen LogP contribution in [0.25, 0.3) is 0 Å². The average Bonchev–Trinajstić information content (AvgIpc) is 2.01. The zero-order chi connectivity index (χ0) is 8.73. The lowest BCUT2D eigenvalue weighted by atomic mass is 9.51. The minimum absolute atomic E-state index is 0.820. The van der Waals surface area contributed by atoms with Crippen LogP contribution in [0.4, 0.5) is 0 Å². The molecule has 0 heterocycles. The highest BCUT2D eigenvalue weighted by Crippen LogP contribution is 2.61. The van der Waals surface area contributed by atoms with E-state index in [4.69, 9.17) is 0 Å². The van der Waals surface area contributed by atoms with Crippen LogP contribution in [0.3, 0.4) is 0 Å². The molecule has 68 valence electrons. The van der Waals surface area contributed by atoms with Gasteiger partial charge in [0.2, 0.25) is 0 Å². The maximum Gasteiger partial charge on any atom is -0.0151 e. The third kappa shape index (κ3) is 1.12. The molecule has 2 aliphatic carbocycles. The number of hydrogen-bond acceptors (Lipinski definition) is 0. The molecular weight excluding hydrogens is 156 g/mol. The molecule has 2 saturated carbocycles. The summed E-state index contributed by atoms with van der Waals surface area (Å²) in [5.41, 5.74) is 2.39. The summed E-state index contributed by atoms with van der Waals surface area (Å²) in [6.07, 6.45) is 7.45. The van der Waals surface area contributed by atoms with Gasteiger partial charge >= 0.3 is 0 Å². The first-order valence-electron chi connectivity index (χ1n) is 5.43. The van der Waals surface area contributed by atoms with Crippen molar-refractivity contribution < 1.29 is 0 Å². The molecule has 0 aliphatic heterocycles. The van der Waals surface area contributed by atoms with Gasteiger partial charge in [0.15, 0.2) is 0 Å². The lowest BCUT2D eigenvalue weighted by Gasteiger charge is -2.54. The molecule has 0 bridgehead atoms. The first-order chi connectivity index (χ1) is 6.38. The Morgan fingerprint density at radius 3 is 2.23 bits per heavy atom. The van der Waals surface area contributed by atoms with Gasteiger partial charge in [-0.25, -0.2) is 0 Å². The van der Waals surface area contributed by atoms with Crippen LogP contribution in [0.15, 0.2) is 30.3 Å². The molecule has 0 heteroatoms. The van der Waals surface area contributed by atoms with Crippen LogP contribution in [-0.4, -0.2) is 0 Å². The molecule has 3 rings (SSSR count). The van der Waals surface area contributed by atoms with Crippen molar-refractivity contribution in [2.75, 3.05) is 0 Å². The molecule has 13 heavy (non-hydrogen) atoms. The van der Waals surface area contributed by atoms with E-state index in [1.165, 1.54) is 32.1 Å². The largest absolute Gasteiger partial charge is 0.0622 e. The van der Waals surface area contributed by atoms with Crippen LogP contribution in [0.5, 0.6) is 0 Å². The summed E-state index contributed by atoms with van der Waals surface area (Å²) < 4.78 is 0. The minimum atomic E-state index is 0.820. The summed E-state index contributed by atoms with van der Waals surface area (Å²) in [5.74, 6) is 0.890. The zero-order valence-corrected chi connectivity index (χ0v) is 8.00. The van der Waals surface area contributed by atoms with Crippen molar-refractivity contribution in [3.05, 3.63) is 35.9 Å². The molecule has 0 nitrogen and oxygen atoms in total. The van der Waals surface area contributed by atoms with Crippen molar-refractivity contribution in [3.63, 3.8) is 0 Å². The van der Waals surface area contributed by atoms with Crippen LogP contribution in [0.2, 0.25) is 0 Å². The Balaban J connectivity index is 1.71. The van der Waals surface area contributed by atoms with Crippen LogP contribution >= 0.6 is 0 Å². The topological polar surface area (TPSA) is 0 Å². The van der Waals surface area contributed by atoms with E-state index < -0.39 is 0 Å². The van der Waals surface area contributed by atoms with E-state index in [0.717, 1.165) is 11.3 Å². The number of hydrogen-bond donors (Lipinski definition) is 0. The Morgan fingerprint density at radius 1 is 1.00 bits per heavy atom. The maximum atomic E-state index is 2.29. The molecule has 2 fully saturated rings. The zero-order valence-electron chi connectivity index (χ0n) is 8.00. The lowest BCUT2D eigenvalue weighted by Crippen LogP contribution is -2.41. The van der Waals surface area contributed by atoms with Gasteiger partial charge in [-0.2, -0.15) is 0 Å². The van der Waals surface area contributed by atoms with Crippen molar-refractivity contribution in [1.29, 1.82) is 0 Å². The van der Waals surface area contributed by atoms with Gasteiger partial charge in [-0.05, 0) is 42.6 Å². The van der Waals surface area contributed by atoms with Crippen molar-refractivity contribution >= 4 is 0 Å². The quantitative estimate of drug-likeness (QED) is 0.605. The Bertz CT molecular complexity index is 287. The predicted molar refractivity (Wildman–Crippen MR) is 54.7 cm³/mol. The van der Waals surface area contributed by atoms with E-state index >= 15 is 0 Å². The standard InChI is InChI=1S/C13H16/c1-2-5-11(6-3-1)12-9-13(10-12)7-4-8-13/h1-3,5-6,12H,4,7-10H2. The van der Waals surface area contributed by atoms with E-state index in [1.54, 1.807) is 5.56 Å². The molecule has 1 aromatic rings. The van der Waals surface area contributed by atoms with Crippen LogP contribution in [0.1, 0.15) is 43.6 Å². The van der Waals surface area contributed by atoms with Crippen molar-refractivity contribution in [3.8, 4) is 0 Å².